The molecule has 1 N–H and O–H groups in total. The van der Waals surface area contributed by atoms with Gasteiger partial charge in [-0.3, -0.25) is 9.59 Å². The van der Waals surface area contributed by atoms with Crippen LogP contribution in [0.1, 0.15) is 49.4 Å². The number of aryl methyl sites for hydroxylation is 2. The smallest absolute Gasteiger partial charge is 0.319 e. The fraction of sp³-hybridized carbons (Fsp3) is 0.400. The molecular formula is C25H27N3O3. The highest BCUT2D eigenvalue weighted by Gasteiger charge is 2.53. The number of nitrogens with one attached hydrogen (secondary N) is 1. The number of imide groups is 1. The second kappa shape index (κ2) is 6.94. The summed E-state index contributed by atoms with van der Waals surface area (Å²) in [6, 6.07) is 12.4. The Morgan fingerprint density at radius 1 is 1.10 bits per heavy atom. The van der Waals surface area contributed by atoms with Gasteiger partial charge in [-0.15, -0.1) is 0 Å². The number of nitrogens with zero attached hydrogens (tertiary/aromatic N) is 2. The van der Waals surface area contributed by atoms with Crippen molar-refractivity contribution >= 4 is 23.5 Å². The Labute approximate surface area is 182 Å². The Hall–Kier alpha value is -3.15. The number of anilines is 1. The molecule has 0 saturated carbocycles. The molecule has 1 saturated heterocycles. The summed E-state index contributed by atoms with van der Waals surface area (Å²) in [5, 5.41) is 2.86. The van der Waals surface area contributed by atoms with Gasteiger partial charge in [0.05, 0.1) is 0 Å². The fourth-order valence-electron chi connectivity index (χ4n) is 5.30. The number of fused-ring (bicyclic) bond motifs is 2. The number of para-hydroxylation sites is 1. The van der Waals surface area contributed by atoms with Gasteiger partial charge in [-0.25, -0.2) is 9.69 Å². The van der Waals surface area contributed by atoms with Gasteiger partial charge in [0.1, 0.15) is 11.6 Å². The van der Waals surface area contributed by atoms with E-state index in [1.54, 1.807) is 18.7 Å². The zero-order valence-corrected chi connectivity index (χ0v) is 18.1. The number of hydrogen-bond donors (Lipinski definition) is 1. The molecule has 5 rings (SSSR count). The number of hydrogen-bond acceptors (Lipinski definition) is 3. The van der Waals surface area contributed by atoms with Crippen molar-refractivity contribution in [1.29, 1.82) is 0 Å². The van der Waals surface area contributed by atoms with E-state index in [9.17, 15) is 14.4 Å². The molecule has 0 unspecified atom stereocenters. The van der Waals surface area contributed by atoms with E-state index in [0.717, 1.165) is 47.4 Å². The average molecular weight is 418 g/mol. The van der Waals surface area contributed by atoms with Gasteiger partial charge >= 0.3 is 6.03 Å². The number of rotatable bonds is 3. The Kier molecular flexibility index (Phi) is 4.43. The van der Waals surface area contributed by atoms with Crippen LogP contribution in [0.15, 0.2) is 42.5 Å². The van der Waals surface area contributed by atoms with Crippen molar-refractivity contribution < 1.29 is 14.4 Å². The van der Waals surface area contributed by atoms with Crippen LogP contribution < -0.4 is 10.2 Å². The molecule has 2 aromatic carbocycles. The molecule has 2 heterocycles. The largest absolute Gasteiger partial charge is 0.326 e. The molecule has 0 spiro atoms. The molecule has 6 heteroatoms. The third-order valence-corrected chi connectivity index (χ3v) is 7.09. The molecule has 2 aliphatic heterocycles. The summed E-state index contributed by atoms with van der Waals surface area (Å²) >= 11 is 0. The van der Waals surface area contributed by atoms with Gasteiger partial charge in [0.25, 0.3) is 5.91 Å². The fourth-order valence-corrected chi connectivity index (χ4v) is 5.30. The van der Waals surface area contributed by atoms with Crippen molar-refractivity contribution in [2.24, 2.45) is 0 Å². The predicted molar refractivity (Wildman–Crippen MR) is 118 cm³/mol. The van der Waals surface area contributed by atoms with Crippen LogP contribution in [-0.2, 0) is 34.4 Å². The minimum absolute atomic E-state index is 0.0174. The van der Waals surface area contributed by atoms with Gasteiger partial charge in [0, 0.05) is 11.7 Å². The zero-order valence-electron chi connectivity index (χ0n) is 18.1. The molecule has 1 fully saturated rings. The SMILES string of the molecule is C[C@H](C(=O)N1c2ccccc2C[C@H]1C)N1C(=O)N[C@@](C)(c2ccc3c(c2)CCC3)C1=O. The first-order chi connectivity index (χ1) is 14.8. The molecular weight excluding hydrogens is 390 g/mol. The lowest BCUT2D eigenvalue weighted by atomic mass is 9.89. The second-order valence-electron chi connectivity index (χ2n) is 9.13. The molecule has 160 valence electrons. The van der Waals surface area contributed by atoms with Crippen molar-refractivity contribution in [2.75, 3.05) is 4.90 Å². The molecule has 0 bridgehead atoms. The third kappa shape index (κ3) is 2.88. The van der Waals surface area contributed by atoms with E-state index in [0.29, 0.717) is 0 Å². The maximum absolute atomic E-state index is 13.5. The Bertz CT molecular complexity index is 1110. The van der Waals surface area contributed by atoms with Crippen LogP contribution in [0.25, 0.3) is 0 Å². The number of benzene rings is 2. The van der Waals surface area contributed by atoms with Gasteiger partial charge in [-0.05, 0) is 74.8 Å². The molecule has 31 heavy (non-hydrogen) atoms. The van der Waals surface area contributed by atoms with Gasteiger partial charge < -0.3 is 10.2 Å². The van der Waals surface area contributed by atoms with Crippen LogP contribution in [0.3, 0.4) is 0 Å². The zero-order chi connectivity index (χ0) is 21.9. The first kappa shape index (κ1) is 19.8. The maximum atomic E-state index is 13.5. The highest BCUT2D eigenvalue weighted by molar-refractivity contribution is 6.12. The average Bonchev–Trinajstić information content (AvgIpc) is 3.41. The lowest BCUT2D eigenvalue weighted by Crippen LogP contribution is -2.52. The van der Waals surface area contributed by atoms with Crippen molar-refractivity contribution in [2.45, 2.75) is 64.1 Å². The minimum atomic E-state index is -1.17. The summed E-state index contributed by atoms with van der Waals surface area (Å²) in [6.07, 6.45) is 3.93. The molecule has 3 aliphatic rings. The molecule has 0 aromatic heterocycles. The summed E-state index contributed by atoms with van der Waals surface area (Å²) in [7, 11) is 0. The van der Waals surface area contributed by atoms with Crippen LogP contribution in [0.2, 0.25) is 0 Å². The van der Waals surface area contributed by atoms with E-state index in [1.165, 1.54) is 11.1 Å². The summed E-state index contributed by atoms with van der Waals surface area (Å²) in [6.45, 7) is 5.36. The van der Waals surface area contributed by atoms with Crippen molar-refractivity contribution in [3.8, 4) is 0 Å². The standard InChI is InChI=1S/C25H27N3O3/c1-15-13-19-7-4-5-10-21(19)27(15)22(29)16(2)28-23(30)25(3,26-24(28)31)20-12-11-17-8-6-9-18(17)14-20/h4-5,7,10-12,14-16H,6,8-9,13H2,1-3H3,(H,26,31)/t15-,16-,25+/m1/s1. The highest BCUT2D eigenvalue weighted by Crippen LogP contribution is 2.36. The monoisotopic (exact) mass is 417 g/mol. The summed E-state index contributed by atoms with van der Waals surface area (Å²) in [5.74, 6) is -0.615. The van der Waals surface area contributed by atoms with E-state index in [1.807, 2.05) is 43.3 Å². The highest BCUT2D eigenvalue weighted by atomic mass is 16.2. The molecule has 3 atom stereocenters. The molecule has 1 aliphatic carbocycles. The first-order valence-corrected chi connectivity index (χ1v) is 11.0. The van der Waals surface area contributed by atoms with Crippen molar-refractivity contribution in [3.05, 3.63) is 64.7 Å². The maximum Gasteiger partial charge on any atom is 0.326 e. The molecule has 4 amide bonds. The van der Waals surface area contributed by atoms with Crippen LogP contribution >= 0.6 is 0 Å². The van der Waals surface area contributed by atoms with Gasteiger partial charge in [0.2, 0.25) is 5.91 Å². The third-order valence-electron chi connectivity index (χ3n) is 7.09. The number of urea groups is 1. The Morgan fingerprint density at radius 2 is 1.84 bits per heavy atom. The quantitative estimate of drug-likeness (QED) is 0.779. The van der Waals surface area contributed by atoms with Gasteiger partial charge in [-0.1, -0.05) is 36.4 Å². The van der Waals surface area contributed by atoms with Crippen LogP contribution in [0, 0.1) is 0 Å². The van der Waals surface area contributed by atoms with Gasteiger partial charge in [-0.2, -0.15) is 0 Å². The molecule has 2 aromatic rings. The lowest BCUT2D eigenvalue weighted by Gasteiger charge is -2.30. The number of carbonyl (C=O) groups is 3. The van der Waals surface area contributed by atoms with Crippen molar-refractivity contribution in [3.63, 3.8) is 0 Å². The summed E-state index contributed by atoms with van der Waals surface area (Å²) < 4.78 is 0. The first-order valence-electron chi connectivity index (χ1n) is 11.0. The van der Waals surface area contributed by atoms with E-state index in [-0.39, 0.29) is 17.9 Å². The van der Waals surface area contributed by atoms with Crippen LogP contribution in [-0.4, -0.2) is 34.8 Å². The van der Waals surface area contributed by atoms with Crippen molar-refractivity contribution in [1.82, 2.24) is 10.2 Å². The number of carbonyl (C=O) groups excluding carboxylic acids is 3. The van der Waals surface area contributed by atoms with E-state index >= 15 is 0 Å². The predicted octanol–water partition coefficient (Wildman–Crippen LogP) is 3.31. The number of amides is 4. The van der Waals surface area contributed by atoms with E-state index < -0.39 is 17.6 Å². The van der Waals surface area contributed by atoms with E-state index in [4.69, 9.17) is 0 Å². The summed E-state index contributed by atoms with van der Waals surface area (Å²) in [5.41, 5.74) is 4.12. The minimum Gasteiger partial charge on any atom is -0.319 e. The van der Waals surface area contributed by atoms with Crippen LogP contribution in [0.5, 0.6) is 0 Å². The van der Waals surface area contributed by atoms with Crippen LogP contribution in [0.4, 0.5) is 10.5 Å². The Balaban J connectivity index is 1.44. The normalized spacial score (nSPS) is 25.5. The Morgan fingerprint density at radius 3 is 2.65 bits per heavy atom. The van der Waals surface area contributed by atoms with Gasteiger partial charge in [0.15, 0.2) is 0 Å². The molecule has 0 radical (unpaired) electrons. The molecule has 6 nitrogen and oxygen atoms in total. The second-order valence-corrected chi connectivity index (χ2v) is 9.13. The van der Waals surface area contributed by atoms with E-state index in [2.05, 4.69) is 11.4 Å². The topological polar surface area (TPSA) is 69.7 Å². The summed E-state index contributed by atoms with van der Waals surface area (Å²) in [4.78, 5) is 42.7. The lowest BCUT2D eigenvalue weighted by molar-refractivity contribution is -0.137.